The summed E-state index contributed by atoms with van der Waals surface area (Å²) in [5, 5.41) is -0.414. The van der Waals surface area contributed by atoms with Gasteiger partial charge in [0.2, 0.25) is 15.9 Å². The number of hydrogen-bond acceptors (Lipinski definition) is 4. The lowest BCUT2D eigenvalue weighted by atomic mass is 10.1. The lowest BCUT2D eigenvalue weighted by molar-refractivity contribution is -0.117. The number of rotatable bonds is 2. The summed E-state index contributed by atoms with van der Waals surface area (Å²) in [6.45, 7) is 2.75. The monoisotopic (exact) mass is 220 g/mol. The number of likely N-dealkylation sites (tertiary alicyclic amines) is 1. The van der Waals surface area contributed by atoms with Crippen LogP contribution in [-0.4, -0.2) is 44.6 Å². The Labute approximate surface area is 84.5 Å². The number of nitrogens with zero attached hydrogens (tertiary/aromatic N) is 1. The maximum atomic E-state index is 11.6. The number of nitrogens with one attached hydrogen (secondary N) is 1. The SMILES string of the molecule is CC(=O)NS(=O)(=O)C1CCN(C)CC1. The van der Waals surface area contributed by atoms with Crippen LogP contribution < -0.4 is 4.72 Å². The van der Waals surface area contributed by atoms with Crippen LogP contribution in [-0.2, 0) is 14.8 Å². The Hall–Kier alpha value is -0.620. The third-order valence-electron chi connectivity index (χ3n) is 2.39. The molecule has 0 radical (unpaired) electrons. The van der Waals surface area contributed by atoms with Crippen LogP contribution in [0.3, 0.4) is 0 Å². The second-order valence-corrected chi connectivity index (χ2v) is 5.67. The molecule has 5 nitrogen and oxygen atoms in total. The van der Waals surface area contributed by atoms with Crippen molar-refractivity contribution in [2.45, 2.75) is 25.0 Å². The Bertz CT molecular complexity index is 305. The highest BCUT2D eigenvalue weighted by Crippen LogP contribution is 2.15. The molecule has 1 aliphatic heterocycles. The number of hydrogen-bond donors (Lipinski definition) is 1. The van der Waals surface area contributed by atoms with E-state index >= 15 is 0 Å². The van der Waals surface area contributed by atoms with Crippen LogP contribution in [0, 0.1) is 0 Å². The summed E-state index contributed by atoms with van der Waals surface area (Å²) in [5.74, 6) is -0.510. The Morgan fingerprint density at radius 2 is 1.86 bits per heavy atom. The van der Waals surface area contributed by atoms with E-state index in [4.69, 9.17) is 0 Å². The van der Waals surface area contributed by atoms with Crippen LogP contribution >= 0.6 is 0 Å². The van der Waals surface area contributed by atoms with Gasteiger partial charge in [-0.3, -0.25) is 9.52 Å². The zero-order chi connectivity index (χ0) is 10.8. The molecule has 1 N–H and O–H groups in total. The second-order valence-electron chi connectivity index (χ2n) is 3.71. The van der Waals surface area contributed by atoms with Crippen molar-refractivity contribution >= 4 is 15.9 Å². The van der Waals surface area contributed by atoms with E-state index in [-0.39, 0.29) is 0 Å². The zero-order valence-corrected chi connectivity index (χ0v) is 9.30. The van der Waals surface area contributed by atoms with E-state index in [2.05, 4.69) is 4.90 Å². The third-order valence-corrected chi connectivity index (χ3v) is 4.31. The standard InChI is InChI=1S/C8H16N2O3S/c1-7(11)9-14(12,13)8-3-5-10(2)6-4-8/h8H,3-6H2,1-2H3,(H,9,11). The Kier molecular flexibility index (Phi) is 3.49. The molecule has 0 bridgehead atoms. The first-order valence-corrected chi connectivity index (χ1v) is 6.17. The van der Waals surface area contributed by atoms with Gasteiger partial charge in [-0.15, -0.1) is 0 Å². The average molecular weight is 220 g/mol. The molecule has 1 amide bonds. The van der Waals surface area contributed by atoms with E-state index in [1.165, 1.54) is 6.92 Å². The fourth-order valence-corrected chi connectivity index (χ4v) is 2.98. The highest BCUT2D eigenvalue weighted by Gasteiger charge is 2.29. The van der Waals surface area contributed by atoms with Crippen LogP contribution in [0.15, 0.2) is 0 Å². The van der Waals surface area contributed by atoms with Crippen LogP contribution in [0.4, 0.5) is 0 Å². The van der Waals surface area contributed by atoms with Crippen molar-refractivity contribution in [2.75, 3.05) is 20.1 Å². The second kappa shape index (κ2) is 4.27. The molecule has 0 aromatic rings. The maximum absolute atomic E-state index is 11.6. The molecule has 0 aromatic heterocycles. The van der Waals surface area contributed by atoms with Crippen LogP contribution in [0.25, 0.3) is 0 Å². The minimum Gasteiger partial charge on any atom is -0.306 e. The quantitative estimate of drug-likeness (QED) is 0.684. The molecular weight excluding hydrogens is 204 g/mol. The molecule has 1 fully saturated rings. The lowest BCUT2D eigenvalue weighted by Crippen LogP contribution is -2.43. The van der Waals surface area contributed by atoms with Crippen LogP contribution in [0.1, 0.15) is 19.8 Å². The van der Waals surface area contributed by atoms with E-state index in [1.54, 1.807) is 0 Å². The number of piperidine rings is 1. The summed E-state index contributed by atoms with van der Waals surface area (Å²) >= 11 is 0. The first kappa shape index (κ1) is 11.5. The van der Waals surface area contributed by atoms with Gasteiger partial charge in [-0.25, -0.2) is 8.42 Å². The van der Waals surface area contributed by atoms with E-state index in [9.17, 15) is 13.2 Å². The third kappa shape index (κ3) is 2.95. The highest BCUT2D eigenvalue weighted by molar-refractivity contribution is 7.90. The van der Waals surface area contributed by atoms with E-state index in [0.717, 1.165) is 13.1 Å². The van der Waals surface area contributed by atoms with E-state index < -0.39 is 21.2 Å². The van der Waals surface area contributed by atoms with Crippen LogP contribution in [0.5, 0.6) is 0 Å². The Morgan fingerprint density at radius 3 is 2.29 bits per heavy atom. The highest BCUT2D eigenvalue weighted by atomic mass is 32.2. The molecule has 1 aliphatic rings. The molecule has 1 rings (SSSR count). The molecule has 82 valence electrons. The van der Waals surface area contributed by atoms with Gasteiger partial charge in [0.1, 0.15) is 0 Å². The van der Waals surface area contributed by atoms with Crippen molar-refractivity contribution in [1.82, 2.24) is 9.62 Å². The van der Waals surface area contributed by atoms with Gasteiger partial charge in [0.05, 0.1) is 5.25 Å². The largest absolute Gasteiger partial charge is 0.306 e. The van der Waals surface area contributed by atoms with Gasteiger partial charge in [0, 0.05) is 6.92 Å². The minimum atomic E-state index is -3.43. The smallest absolute Gasteiger partial charge is 0.237 e. The van der Waals surface area contributed by atoms with E-state index in [1.807, 2.05) is 11.8 Å². The van der Waals surface area contributed by atoms with E-state index in [0.29, 0.717) is 12.8 Å². The summed E-state index contributed by atoms with van der Waals surface area (Å²) in [6, 6.07) is 0. The van der Waals surface area contributed by atoms with Gasteiger partial charge in [0.15, 0.2) is 0 Å². The molecular formula is C8H16N2O3S. The molecule has 0 aliphatic carbocycles. The van der Waals surface area contributed by atoms with Crippen molar-refractivity contribution < 1.29 is 13.2 Å². The molecule has 0 atom stereocenters. The Balaban J connectivity index is 2.60. The molecule has 1 heterocycles. The molecule has 0 spiro atoms. The predicted octanol–water partition coefficient (Wildman–Crippen LogP) is -0.453. The minimum absolute atomic E-state index is 0.414. The molecule has 0 unspecified atom stereocenters. The van der Waals surface area contributed by atoms with Gasteiger partial charge in [-0.1, -0.05) is 0 Å². The molecule has 0 saturated carbocycles. The maximum Gasteiger partial charge on any atom is 0.237 e. The zero-order valence-electron chi connectivity index (χ0n) is 8.49. The first-order valence-electron chi connectivity index (χ1n) is 4.62. The molecule has 14 heavy (non-hydrogen) atoms. The number of sulfonamides is 1. The van der Waals surface area contributed by atoms with Crippen molar-refractivity contribution in [2.24, 2.45) is 0 Å². The Morgan fingerprint density at radius 1 is 1.36 bits per heavy atom. The normalized spacial score (nSPS) is 20.7. The molecule has 0 aromatic carbocycles. The number of carbonyl (C=O) groups is 1. The lowest BCUT2D eigenvalue weighted by Gasteiger charge is -2.28. The summed E-state index contributed by atoms with van der Waals surface area (Å²) in [4.78, 5) is 12.7. The van der Waals surface area contributed by atoms with Crippen LogP contribution in [0.2, 0.25) is 0 Å². The fourth-order valence-electron chi connectivity index (χ4n) is 1.58. The predicted molar refractivity (Wildman–Crippen MR) is 53.3 cm³/mol. The summed E-state index contributed by atoms with van der Waals surface area (Å²) < 4.78 is 25.1. The van der Waals surface area contributed by atoms with Crippen molar-refractivity contribution in [3.05, 3.63) is 0 Å². The van der Waals surface area contributed by atoms with Crippen molar-refractivity contribution in [1.29, 1.82) is 0 Å². The summed E-state index contributed by atoms with van der Waals surface area (Å²) in [6.07, 6.45) is 1.19. The summed E-state index contributed by atoms with van der Waals surface area (Å²) in [7, 11) is -1.47. The average Bonchev–Trinajstić information content (AvgIpc) is 2.02. The summed E-state index contributed by atoms with van der Waals surface area (Å²) in [5.41, 5.74) is 0. The topological polar surface area (TPSA) is 66.5 Å². The number of amides is 1. The van der Waals surface area contributed by atoms with Gasteiger partial charge >= 0.3 is 0 Å². The van der Waals surface area contributed by atoms with Crippen molar-refractivity contribution in [3.8, 4) is 0 Å². The molecule has 1 saturated heterocycles. The van der Waals surface area contributed by atoms with Gasteiger partial charge in [-0.2, -0.15) is 0 Å². The number of carbonyl (C=O) groups excluding carboxylic acids is 1. The van der Waals surface area contributed by atoms with Gasteiger partial charge < -0.3 is 4.90 Å². The van der Waals surface area contributed by atoms with Gasteiger partial charge in [0.25, 0.3) is 0 Å². The molecule has 6 heteroatoms. The van der Waals surface area contributed by atoms with Gasteiger partial charge in [-0.05, 0) is 33.0 Å². The van der Waals surface area contributed by atoms with Crippen molar-refractivity contribution in [3.63, 3.8) is 0 Å². The fraction of sp³-hybridized carbons (Fsp3) is 0.875. The first-order chi connectivity index (χ1) is 6.42.